The molecular formula is C18H17Cl2NO3S. The van der Waals surface area contributed by atoms with E-state index in [1.165, 1.54) is 0 Å². The molecule has 0 aromatic heterocycles. The average molecular weight is 398 g/mol. The van der Waals surface area contributed by atoms with Gasteiger partial charge in [0.2, 0.25) is 0 Å². The normalized spacial score (nSPS) is 18.9. The Morgan fingerprint density at radius 1 is 1.12 bits per heavy atom. The number of amides is 1. The largest absolute Gasteiger partial charge is 0.330 e. The van der Waals surface area contributed by atoms with Crippen LogP contribution in [0.2, 0.25) is 10.0 Å². The Bertz CT molecular complexity index is 899. The van der Waals surface area contributed by atoms with Gasteiger partial charge in [-0.25, -0.2) is 8.42 Å². The van der Waals surface area contributed by atoms with E-state index in [0.29, 0.717) is 22.0 Å². The van der Waals surface area contributed by atoms with E-state index in [0.717, 1.165) is 5.56 Å². The van der Waals surface area contributed by atoms with Gasteiger partial charge >= 0.3 is 0 Å². The summed E-state index contributed by atoms with van der Waals surface area (Å²) in [5.41, 5.74) is 1.22. The minimum atomic E-state index is -3.12. The molecule has 0 N–H and O–H groups in total. The summed E-state index contributed by atoms with van der Waals surface area (Å²) in [6, 6.07) is 13.5. The van der Waals surface area contributed by atoms with Crippen molar-refractivity contribution in [1.29, 1.82) is 0 Å². The molecule has 1 fully saturated rings. The molecule has 3 rings (SSSR count). The smallest absolute Gasteiger partial charge is 0.254 e. The first kappa shape index (κ1) is 18.2. The van der Waals surface area contributed by atoms with Crippen LogP contribution in [0.4, 0.5) is 0 Å². The highest BCUT2D eigenvalue weighted by Crippen LogP contribution is 2.25. The molecule has 2 aromatic rings. The Morgan fingerprint density at radius 2 is 1.88 bits per heavy atom. The highest BCUT2D eigenvalue weighted by Gasteiger charge is 2.35. The van der Waals surface area contributed by atoms with Crippen molar-refractivity contribution in [2.75, 3.05) is 11.5 Å². The maximum atomic E-state index is 13.0. The van der Waals surface area contributed by atoms with Crippen molar-refractivity contribution >= 4 is 38.9 Å². The summed E-state index contributed by atoms with van der Waals surface area (Å²) in [5, 5.41) is 1.01. The fourth-order valence-corrected chi connectivity index (χ4v) is 5.10. The number of carbonyl (C=O) groups excluding carboxylic acids is 1. The van der Waals surface area contributed by atoms with Crippen molar-refractivity contribution < 1.29 is 13.2 Å². The zero-order valence-corrected chi connectivity index (χ0v) is 15.7. The minimum Gasteiger partial charge on any atom is -0.330 e. The molecule has 132 valence electrons. The molecule has 1 aliphatic heterocycles. The van der Waals surface area contributed by atoms with E-state index in [-0.39, 0.29) is 30.0 Å². The zero-order valence-electron chi connectivity index (χ0n) is 13.4. The molecule has 0 bridgehead atoms. The summed E-state index contributed by atoms with van der Waals surface area (Å²) >= 11 is 12.2. The topological polar surface area (TPSA) is 54.5 Å². The second-order valence-electron chi connectivity index (χ2n) is 6.09. The zero-order chi connectivity index (χ0) is 18.0. The van der Waals surface area contributed by atoms with Crippen molar-refractivity contribution in [3.8, 4) is 0 Å². The van der Waals surface area contributed by atoms with E-state index in [2.05, 4.69) is 0 Å². The number of sulfone groups is 1. The molecule has 1 unspecified atom stereocenters. The van der Waals surface area contributed by atoms with E-state index in [1.54, 1.807) is 35.2 Å². The average Bonchev–Trinajstić information content (AvgIpc) is 2.93. The van der Waals surface area contributed by atoms with Crippen LogP contribution >= 0.6 is 23.2 Å². The summed E-state index contributed by atoms with van der Waals surface area (Å²) in [6.45, 7) is 0.255. The highest BCUT2D eigenvalue weighted by atomic mass is 35.5. The molecule has 0 saturated carbocycles. The fourth-order valence-electron chi connectivity index (χ4n) is 2.99. The number of benzene rings is 2. The first-order chi connectivity index (χ1) is 11.9. The van der Waals surface area contributed by atoms with E-state index >= 15 is 0 Å². The first-order valence-corrected chi connectivity index (χ1v) is 10.4. The Kier molecular flexibility index (Phi) is 5.37. The molecule has 1 saturated heterocycles. The van der Waals surface area contributed by atoms with Crippen LogP contribution in [0.25, 0.3) is 0 Å². The number of nitrogens with zero attached hydrogens (tertiary/aromatic N) is 1. The second kappa shape index (κ2) is 7.36. The molecule has 0 radical (unpaired) electrons. The summed E-state index contributed by atoms with van der Waals surface area (Å²) in [7, 11) is -3.12. The summed E-state index contributed by atoms with van der Waals surface area (Å²) in [6.07, 6.45) is 0.430. The third-order valence-corrected chi connectivity index (χ3v) is 6.63. The number of hydrogen-bond donors (Lipinski definition) is 0. The molecule has 7 heteroatoms. The van der Waals surface area contributed by atoms with Gasteiger partial charge in [-0.2, -0.15) is 0 Å². The molecule has 0 spiro atoms. The molecule has 0 aliphatic carbocycles. The number of carbonyl (C=O) groups is 1. The summed E-state index contributed by atoms with van der Waals surface area (Å²) < 4.78 is 23.8. The maximum Gasteiger partial charge on any atom is 0.254 e. The monoisotopic (exact) mass is 397 g/mol. The van der Waals surface area contributed by atoms with Crippen LogP contribution in [-0.4, -0.2) is 36.8 Å². The van der Waals surface area contributed by atoms with Crippen LogP contribution in [0.5, 0.6) is 0 Å². The van der Waals surface area contributed by atoms with Gasteiger partial charge in [-0.3, -0.25) is 4.79 Å². The van der Waals surface area contributed by atoms with E-state index in [4.69, 9.17) is 23.2 Å². The van der Waals surface area contributed by atoms with Gasteiger partial charge in [0.1, 0.15) is 0 Å². The quantitative estimate of drug-likeness (QED) is 0.787. The lowest BCUT2D eigenvalue weighted by Crippen LogP contribution is -2.40. The predicted octanol–water partition coefficient (Wildman–Crippen LogP) is 3.82. The second-order valence-corrected chi connectivity index (χ2v) is 9.16. The van der Waals surface area contributed by atoms with Gasteiger partial charge in [0.05, 0.1) is 11.5 Å². The highest BCUT2D eigenvalue weighted by molar-refractivity contribution is 7.91. The minimum absolute atomic E-state index is 0.0240. The van der Waals surface area contributed by atoms with Gasteiger partial charge in [0.25, 0.3) is 5.91 Å². The Balaban J connectivity index is 1.94. The lowest BCUT2D eigenvalue weighted by atomic mass is 10.1. The molecule has 1 aliphatic rings. The van der Waals surface area contributed by atoms with E-state index in [1.807, 2.05) is 18.2 Å². The Morgan fingerprint density at radius 3 is 2.52 bits per heavy atom. The third kappa shape index (κ3) is 4.35. The standard InChI is InChI=1S/C18H17Cl2NO3S/c19-15-6-3-5-13(10-15)18(22)21(16-8-9-25(23,24)12-16)11-14-4-1-2-7-17(14)20/h1-7,10,16H,8-9,11-12H2. The molecule has 1 atom stereocenters. The van der Waals surface area contributed by atoms with E-state index < -0.39 is 9.84 Å². The van der Waals surface area contributed by atoms with Crippen molar-refractivity contribution in [2.24, 2.45) is 0 Å². The summed E-state index contributed by atoms with van der Waals surface area (Å²) in [5.74, 6) is -0.173. The molecule has 25 heavy (non-hydrogen) atoms. The van der Waals surface area contributed by atoms with Crippen LogP contribution in [0.15, 0.2) is 48.5 Å². The Labute approximate surface area is 157 Å². The van der Waals surface area contributed by atoms with Crippen LogP contribution in [0.1, 0.15) is 22.3 Å². The van der Waals surface area contributed by atoms with Gasteiger partial charge in [0, 0.05) is 28.2 Å². The van der Waals surface area contributed by atoms with Crippen LogP contribution in [-0.2, 0) is 16.4 Å². The molecule has 4 nitrogen and oxygen atoms in total. The van der Waals surface area contributed by atoms with Crippen LogP contribution < -0.4 is 0 Å². The summed E-state index contributed by atoms with van der Waals surface area (Å²) in [4.78, 5) is 14.6. The van der Waals surface area contributed by atoms with Gasteiger partial charge in [-0.1, -0.05) is 47.5 Å². The SMILES string of the molecule is O=C(c1cccc(Cl)c1)N(Cc1ccccc1Cl)C1CCS(=O)(=O)C1. The third-order valence-electron chi connectivity index (χ3n) is 4.28. The number of hydrogen-bond acceptors (Lipinski definition) is 3. The van der Waals surface area contributed by atoms with Gasteiger partial charge in [-0.05, 0) is 36.2 Å². The lowest BCUT2D eigenvalue weighted by molar-refractivity contribution is 0.0681. The van der Waals surface area contributed by atoms with Crippen molar-refractivity contribution in [1.82, 2.24) is 4.90 Å². The first-order valence-electron chi connectivity index (χ1n) is 7.86. The van der Waals surface area contributed by atoms with Crippen molar-refractivity contribution in [3.63, 3.8) is 0 Å². The lowest BCUT2D eigenvalue weighted by Gasteiger charge is -2.29. The van der Waals surface area contributed by atoms with Gasteiger partial charge < -0.3 is 4.90 Å². The predicted molar refractivity (Wildman–Crippen MR) is 99.8 cm³/mol. The fraction of sp³-hybridized carbons (Fsp3) is 0.278. The van der Waals surface area contributed by atoms with E-state index in [9.17, 15) is 13.2 Å². The molecule has 1 amide bonds. The Hall–Kier alpha value is -1.56. The molecular weight excluding hydrogens is 381 g/mol. The van der Waals surface area contributed by atoms with Crippen molar-refractivity contribution in [2.45, 2.75) is 19.0 Å². The number of halogens is 2. The van der Waals surface area contributed by atoms with Crippen molar-refractivity contribution in [3.05, 3.63) is 69.7 Å². The maximum absolute atomic E-state index is 13.0. The molecule has 2 aromatic carbocycles. The van der Waals surface area contributed by atoms with Crippen LogP contribution in [0, 0.1) is 0 Å². The molecule has 1 heterocycles. The number of rotatable bonds is 4. The van der Waals surface area contributed by atoms with Gasteiger partial charge in [0.15, 0.2) is 9.84 Å². The van der Waals surface area contributed by atoms with Crippen LogP contribution in [0.3, 0.4) is 0 Å². The van der Waals surface area contributed by atoms with Gasteiger partial charge in [-0.15, -0.1) is 0 Å².